The van der Waals surface area contributed by atoms with Gasteiger partial charge in [0, 0.05) is 37.1 Å². The number of anilines is 1. The zero-order valence-corrected chi connectivity index (χ0v) is 17.1. The minimum absolute atomic E-state index is 0.0559. The normalized spacial score (nSPS) is 16.9. The number of sulfonamides is 1. The third-order valence-electron chi connectivity index (χ3n) is 5.19. The molecule has 0 unspecified atom stereocenters. The lowest BCUT2D eigenvalue weighted by atomic mass is 10.0. The number of aromatic nitrogens is 2. The van der Waals surface area contributed by atoms with E-state index < -0.39 is 34.6 Å². The number of hydrogen-bond donors (Lipinski definition) is 1. The molecular formula is C21H19F3N4O2S. The zero-order valence-electron chi connectivity index (χ0n) is 16.3. The Morgan fingerprint density at radius 1 is 0.968 bits per heavy atom. The lowest BCUT2D eigenvalue weighted by molar-refractivity contribution is -0.0411. The first-order chi connectivity index (χ1) is 14.7. The molecule has 0 bridgehead atoms. The van der Waals surface area contributed by atoms with Crippen LogP contribution in [0.2, 0.25) is 0 Å². The van der Waals surface area contributed by atoms with Crippen molar-refractivity contribution in [3.8, 4) is 22.4 Å². The van der Waals surface area contributed by atoms with E-state index in [1.54, 1.807) is 24.3 Å². The number of rotatable bonds is 4. The van der Waals surface area contributed by atoms with Crippen LogP contribution < -0.4 is 5.73 Å². The molecule has 0 spiro atoms. The Balaban J connectivity index is 1.70. The summed E-state index contributed by atoms with van der Waals surface area (Å²) < 4.78 is 69.2. The lowest BCUT2D eigenvalue weighted by Gasteiger charge is -2.31. The first-order valence-electron chi connectivity index (χ1n) is 9.52. The first-order valence-corrected chi connectivity index (χ1v) is 11.0. The summed E-state index contributed by atoms with van der Waals surface area (Å²) in [5.41, 5.74) is 6.61. The summed E-state index contributed by atoms with van der Waals surface area (Å²) in [4.78, 5) is 7.89. The highest BCUT2D eigenvalue weighted by Crippen LogP contribution is 2.35. The molecule has 3 aromatic rings. The zero-order chi connectivity index (χ0) is 22.2. The van der Waals surface area contributed by atoms with E-state index in [1.807, 2.05) is 0 Å². The molecule has 10 heteroatoms. The van der Waals surface area contributed by atoms with Gasteiger partial charge in [-0.1, -0.05) is 24.3 Å². The molecule has 6 nitrogen and oxygen atoms in total. The van der Waals surface area contributed by atoms with Crippen LogP contribution in [0, 0.1) is 5.82 Å². The molecule has 0 radical (unpaired) electrons. The SMILES string of the molecule is Nc1cnc(-c2ccc(-c3ccccc3S(=O)(=O)N3CCC(F)(F)CC3)cc2F)cn1. The van der Waals surface area contributed by atoms with Gasteiger partial charge in [0.1, 0.15) is 11.6 Å². The molecule has 31 heavy (non-hydrogen) atoms. The molecule has 1 aliphatic heterocycles. The van der Waals surface area contributed by atoms with Crippen molar-refractivity contribution in [2.45, 2.75) is 23.7 Å². The first kappa shape index (κ1) is 21.3. The predicted octanol–water partition coefficient (Wildman–Crippen LogP) is 3.95. The van der Waals surface area contributed by atoms with Crippen molar-refractivity contribution in [1.29, 1.82) is 0 Å². The van der Waals surface area contributed by atoms with Gasteiger partial charge in [-0.25, -0.2) is 26.6 Å². The molecule has 0 aliphatic carbocycles. The second kappa shape index (κ2) is 7.93. The van der Waals surface area contributed by atoms with Crippen molar-refractivity contribution in [2.24, 2.45) is 0 Å². The standard InChI is InChI=1S/C21H19F3N4O2S/c22-17-11-14(5-6-16(17)18-12-27-20(25)13-26-18)15-3-1-2-4-19(15)31(29,30)28-9-7-21(23,24)8-10-28/h1-6,11-13H,7-10H2,(H2,25,27). The smallest absolute Gasteiger partial charge is 0.250 e. The number of alkyl halides is 2. The minimum atomic E-state index is -4.03. The van der Waals surface area contributed by atoms with Gasteiger partial charge in [0.25, 0.3) is 5.92 Å². The fourth-order valence-corrected chi connectivity index (χ4v) is 5.15. The van der Waals surface area contributed by atoms with Crippen LogP contribution in [0.3, 0.4) is 0 Å². The van der Waals surface area contributed by atoms with Crippen molar-refractivity contribution in [3.63, 3.8) is 0 Å². The topological polar surface area (TPSA) is 89.2 Å². The second-order valence-corrected chi connectivity index (χ2v) is 9.18. The van der Waals surface area contributed by atoms with Crippen LogP contribution in [-0.4, -0.2) is 41.7 Å². The maximum Gasteiger partial charge on any atom is 0.250 e. The minimum Gasteiger partial charge on any atom is -0.382 e. The number of piperidine rings is 1. The highest BCUT2D eigenvalue weighted by molar-refractivity contribution is 7.89. The number of benzene rings is 2. The summed E-state index contributed by atoms with van der Waals surface area (Å²) in [6.07, 6.45) is 1.60. The average Bonchev–Trinajstić information content (AvgIpc) is 2.74. The predicted molar refractivity (Wildman–Crippen MR) is 110 cm³/mol. The summed E-state index contributed by atoms with van der Waals surface area (Å²) >= 11 is 0. The van der Waals surface area contributed by atoms with Gasteiger partial charge >= 0.3 is 0 Å². The highest BCUT2D eigenvalue weighted by Gasteiger charge is 2.39. The van der Waals surface area contributed by atoms with Crippen molar-refractivity contribution < 1.29 is 21.6 Å². The van der Waals surface area contributed by atoms with E-state index in [2.05, 4.69) is 9.97 Å². The van der Waals surface area contributed by atoms with Gasteiger partial charge in [0.2, 0.25) is 10.0 Å². The molecule has 4 rings (SSSR count). The Hall–Kier alpha value is -2.98. The van der Waals surface area contributed by atoms with E-state index in [1.165, 1.54) is 30.6 Å². The molecule has 1 aliphatic rings. The molecule has 1 saturated heterocycles. The van der Waals surface area contributed by atoms with Crippen LogP contribution in [0.1, 0.15) is 12.8 Å². The summed E-state index contributed by atoms with van der Waals surface area (Å²) in [5, 5.41) is 0. The van der Waals surface area contributed by atoms with Crippen LogP contribution in [0.25, 0.3) is 22.4 Å². The number of nitrogens with zero attached hydrogens (tertiary/aromatic N) is 3. The summed E-state index contributed by atoms with van der Waals surface area (Å²) in [6.45, 7) is -0.542. The fraction of sp³-hybridized carbons (Fsp3) is 0.238. The van der Waals surface area contributed by atoms with Crippen LogP contribution >= 0.6 is 0 Å². The Bertz CT molecular complexity index is 1210. The van der Waals surface area contributed by atoms with Gasteiger partial charge in [0.05, 0.1) is 23.0 Å². The van der Waals surface area contributed by atoms with Gasteiger partial charge in [-0.3, -0.25) is 4.98 Å². The van der Waals surface area contributed by atoms with E-state index in [0.29, 0.717) is 5.56 Å². The maximum atomic E-state index is 14.8. The Morgan fingerprint density at radius 3 is 2.32 bits per heavy atom. The van der Waals surface area contributed by atoms with E-state index in [4.69, 9.17) is 5.73 Å². The van der Waals surface area contributed by atoms with Crippen LogP contribution in [0.5, 0.6) is 0 Å². The number of nitrogen functional groups attached to an aromatic ring is 1. The molecule has 1 aromatic heterocycles. The molecule has 2 N–H and O–H groups in total. The van der Waals surface area contributed by atoms with E-state index in [9.17, 15) is 21.6 Å². The highest BCUT2D eigenvalue weighted by atomic mass is 32.2. The van der Waals surface area contributed by atoms with Gasteiger partial charge in [-0.05, 0) is 23.8 Å². The van der Waals surface area contributed by atoms with Crippen molar-refractivity contribution in [2.75, 3.05) is 18.8 Å². The van der Waals surface area contributed by atoms with Crippen molar-refractivity contribution in [3.05, 3.63) is 60.7 Å². The summed E-state index contributed by atoms with van der Waals surface area (Å²) in [7, 11) is -4.03. The Kier molecular flexibility index (Phi) is 5.44. The Morgan fingerprint density at radius 2 is 1.68 bits per heavy atom. The quantitative estimate of drug-likeness (QED) is 0.653. The largest absolute Gasteiger partial charge is 0.382 e. The summed E-state index contributed by atoms with van der Waals surface area (Å²) in [6, 6.07) is 10.4. The van der Waals surface area contributed by atoms with E-state index in [0.717, 1.165) is 4.31 Å². The molecule has 0 amide bonds. The van der Waals surface area contributed by atoms with Crippen LogP contribution in [-0.2, 0) is 10.0 Å². The second-order valence-electron chi connectivity index (χ2n) is 7.28. The third kappa shape index (κ3) is 4.26. The van der Waals surface area contributed by atoms with Gasteiger partial charge in [-0.2, -0.15) is 4.31 Å². The van der Waals surface area contributed by atoms with Gasteiger partial charge in [-0.15, -0.1) is 0 Å². The molecular weight excluding hydrogens is 429 g/mol. The molecule has 2 heterocycles. The monoisotopic (exact) mass is 448 g/mol. The molecule has 0 atom stereocenters. The van der Waals surface area contributed by atoms with Crippen molar-refractivity contribution in [1.82, 2.24) is 14.3 Å². The van der Waals surface area contributed by atoms with Gasteiger partial charge < -0.3 is 5.73 Å². The molecule has 1 fully saturated rings. The lowest BCUT2D eigenvalue weighted by Crippen LogP contribution is -2.42. The van der Waals surface area contributed by atoms with Crippen LogP contribution in [0.15, 0.2) is 59.8 Å². The number of halogens is 3. The fourth-order valence-electron chi connectivity index (χ4n) is 3.49. The van der Waals surface area contributed by atoms with Crippen molar-refractivity contribution >= 4 is 15.8 Å². The van der Waals surface area contributed by atoms with Crippen LogP contribution in [0.4, 0.5) is 19.0 Å². The van der Waals surface area contributed by atoms with E-state index in [-0.39, 0.29) is 40.6 Å². The molecule has 0 saturated carbocycles. The maximum absolute atomic E-state index is 14.8. The molecule has 162 valence electrons. The van der Waals surface area contributed by atoms with E-state index >= 15 is 0 Å². The number of hydrogen-bond acceptors (Lipinski definition) is 5. The third-order valence-corrected chi connectivity index (χ3v) is 7.14. The number of nitrogens with two attached hydrogens (primary N) is 1. The molecule has 2 aromatic carbocycles. The average molecular weight is 448 g/mol. The Labute approximate surface area is 177 Å². The summed E-state index contributed by atoms with van der Waals surface area (Å²) in [5.74, 6) is -3.27. The van der Waals surface area contributed by atoms with Gasteiger partial charge in [0.15, 0.2) is 0 Å².